The number of aryl methyl sites for hydroxylation is 1. The van der Waals surface area contributed by atoms with Crippen molar-refractivity contribution in [3.05, 3.63) is 59.7 Å². The van der Waals surface area contributed by atoms with Crippen LogP contribution in [0.2, 0.25) is 0 Å². The molecule has 0 heterocycles. The Morgan fingerprint density at radius 2 is 1.50 bits per heavy atom. The van der Waals surface area contributed by atoms with Gasteiger partial charge in [-0.25, -0.2) is 4.79 Å². The summed E-state index contributed by atoms with van der Waals surface area (Å²) in [4.78, 5) is 12.1. The van der Waals surface area contributed by atoms with Crippen LogP contribution in [0.25, 0.3) is 0 Å². The number of unbranched alkanes of at least 4 members (excludes halogenated alkanes) is 4. The quantitative estimate of drug-likeness (QED) is 0.294. The Morgan fingerprint density at radius 3 is 2.12 bits per heavy atom. The molecular weight excluding hydrogens is 338 g/mol. The molecule has 0 aromatic heterocycles. The summed E-state index contributed by atoms with van der Waals surface area (Å²) in [6.45, 7) is -0.691. The molecule has 5 heteroatoms. The predicted octanol–water partition coefficient (Wildman–Crippen LogP) is 6.02. The van der Waals surface area contributed by atoms with Crippen LogP contribution >= 0.6 is 0 Å². The summed E-state index contributed by atoms with van der Waals surface area (Å²) in [5, 5.41) is 0. The third kappa shape index (κ3) is 6.82. The number of carbonyl (C=O) groups is 1. The summed E-state index contributed by atoms with van der Waals surface area (Å²) >= 11 is 0. The van der Waals surface area contributed by atoms with Gasteiger partial charge >= 0.3 is 12.6 Å². The Morgan fingerprint density at radius 1 is 0.885 bits per heavy atom. The molecule has 0 radical (unpaired) electrons. The molecule has 0 unspecified atom stereocenters. The maximum Gasteiger partial charge on any atom is 0.387 e. The Hall–Kier alpha value is -2.43. The largest absolute Gasteiger partial charge is 0.435 e. The van der Waals surface area contributed by atoms with Crippen LogP contribution in [0.3, 0.4) is 0 Å². The monoisotopic (exact) mass is 362 g/mol. The topological polar surface area (TPSA) is 35.5 Å². The van der Waals surface area contributed by atoms with E-state index in [4.69, 9.17) is 4.74 Å². The molecule has 140 valence electrons. The predicted molar refractivity (Wildman–Crippen MR) is 96.9 cm³/mol. The van der Waals surface area contributed by atoms with Crippen LogP contribution in [0, 0.1) is 0 Å². The van der Waals surface area contributed by atoms with Crippen LogP contribution in [0.15, 0.2) is 48.5 Å². The van der Waals surface area contributed by atoms with Gasteiger partial charge in [0.1, 0.15) is 11.5 Å². The van der Waals surface area contributed by atoms with Crippen LogP contribution < -0.4 is 9.47 Å². The molecule has 0 N–H and O–H groups in total. The fourth-order valence-corrected chi connectivity index (χ4v) is 2.60. The van der Waals surface area contributed by atoms with Gasteiger partial charge in [-0.2, -0.15) is 8.78 Å². The lowest BCUT2D eigenvalue weighted by Gasteiger charge is -2.07. The highest BCUT2D eigenvalue weighted by Gasteiger charge is 2.10. The van der Waals surface area contributed by atoms with E-state index < -0.39 is 12.6 Å². The van der Waals surface area contributed by atoms with E-state index in [-0.39, 0.29) is 11.3 Å². The molecule has 2 rings (SSSR count). The average Bonchev–Trinajstić information content (AvgIpc) is 2.63. The Labute approximate surface area is 152 Å². The molecule has 26 heavy (non-hydrogen) atoms. The number of hydrogen-bond acceptors (Lipinski definition) is 3. The molecule has 2 aromatic rings. The molecule has 3 nitrogen and oxygen atoms in total. The number of benzene rings is 2. The van der Waals surface area contributed by atoms with E-state index in [1.54, 1.807) is 12.1 Å². The first kappa shape index (κ1) is 19.9. The molecule has 0 amide bonds. The zero-order valence-corrected chi connectivity index (χ0v) is 14.9. The molecule has 0 aliphatic rings. The third-order valence-corrected chi connectivity index (χ3v) is 4.02. The first-order valence-electron chi connectivity index (χ1n) is 8.94. The first-order chi connectivity index (χ1) is 12.6. The summed E-state index contributed by atoms with van der Waals surface area (Å²) < 4.78 is 33.8. The molecule has 0 fully saturated rings. The SMILES string of the molecule is CCCCCCCc1ccc(OC(=O)c2ccc(OC(F)F)cc2)cc1. The standard InChI is InChI=1S/C21H24F2O3/c1-2-3-4-5-6-7-16-8-12-18(13-9-16)25-20(24)17-10-14-19(15-11-17)26-21(22)23/h8-15,21H,2-7H2,1H3. The zero-order valence-electron chi connectivity index (χ0n) is 14.9. The second kappa shape index (κ2) is 10.5. The lowest BCUT2D eigenvalue weighted by atomic mass is 10.1. The van der Waals surface area contributed by atoms with Crippen LogP contribution in [-0.2, 0) is 6.42 Å². The van der Waals surface area contributed by atoms with Crippen molar-refractivity contribution in [1.82, 2.24) is 0 Å². The van der Waals surface area contributed by atoms with Crippen molar-refractivity contribution in [2.24, 2.45) is 0 Å². The number of alkyl halides is 2. The molecule has 0 atom stereocenters. The second-order valence-electron chi connectivity index (χ2n) is 6.10. The molecule has 0 saturated carbocycles. The fourth-order valence-electron chi connectivity index (χ4n) is 2.60. The molecule has 0 aliphatic heterocycles. The van der Waals surface area contributed by atoms with E-state index in [0.29, 0.717) is 5.75 Å². The highest BCUT2D eigenvalue weighted by molar-refractivity contribution is 5.91. The number of carbonyl (C=O) groups excluding carboxylic acids is 1. The minimum atomic E-state index is -2.89. The highest BCUT2D eigenvalue weighted by Crippen LogP contribution is 2.18. The minimum absolute atomic E-state index is 0.000148. The fraction of sp³-hybridized carbons (Fsp3) is 0.381. The molecule has 0 spiro atoms. The van der Waals surface area contributed by atoms with Crippen molar-refractivity contribution in [3.63, 3.8) is 0 Å². The van der Waals surface area contributed by atoms with E-state index in [1.165, 1.54) is 55.5 Å². The van der Waals surface area contributed by atoms with Crippen molar-refractivity contribution < 1.29 is 23.0 Å². The number of esters is 1. The van der Waals surface area contributed by atoms with Gasteiger partial charge in [-0.3, -0.25) is 0 Å². The summed E-state index contributed by atoms with van der Waals surface area (Å²) in [6.07, 6.45) is 7.20. The molecule has 2 aromatic carbocycles. The van der Waals surface area contributed by atoms with Gasteiger partial charge in [0, 0.05) is 0 Å². The molecule has 0 saturated heterocycles. The van der Waals surface area contributed by atoms with Gasteiger partial charge in [0.25, 0.3) is 0 Å². The van der Waals surface area contributed by atoms with Gasteiger partial charge in [-0.15, -0.1) is 0 Å². The van der Waals surface area contributed by atoms with Crippen molar-refractivity contribution in [2.75, 3.05) is 0 Å². The smallest absolute Gasteiger partial charge is 0.387 e. The van der Waals surface area contributed by atoms with E-state index >= 15 is 0 Å². The normalized spacial score (nSPS) is 10.8. The van der Waals surface area contributed by atoms with Gasteiger partial charge < -0.3 is 9.47 Å². The van der Waals surface area contributed by atoms with Crippen LogP contribution in [0.5, 0.6) is 11.5 Å². The van der Waals surface area contributed by atoms with E-state index in [9.17, 15) is 13.6 Å². The first-order valence-corrected chi connectivity index (χ1v) is 8.94. The summed E-state index contributed by atoms with van der Waals surface area (Å²) in [6, 6.07) is 12.9. The maximum atomic E-state index is 12.1. The van der Waals surface area contributed by atoms with Gasteiger partial charge in [0.2, 0.25) is 0 Å². The Bertz CT molecular complexity index is 667. The third-order valence-electron chi connectivity index (χ3n) is 4.02. The van der Waals surface area contributed by atoms with Gasteiger partial charge in [0.15, 0.2) is 0 Å². The van der Waals surface area contributed by atoms with Crippen molar-refractivity contribution >= 4 is 5.97 Å². The number of rotatable bonds is 10. The number of halogens is 2. The van der Waals surface area contributed by atoms with Gasteiger partial charge in [-0.05, 0) is 54.8 Å². The number of hydrogen-bond donors (Lipinski definition) is 0. The minimum Gasteiger partial charge on any atom is -0.435 e. The van der Waals surface area contributed by atoms with Crippen LogP contribution in [0.4, 0.5) is 8.78 Å². The molecular formula is C21H24F2O3. The zero-order chi connectivity index (χ0) is 18.8. The molecule has 0 bridgehead atoms. The van der Waals surface area contributed by atoms with Crippen LogP contribution in [0.1, 0.15) is 54.9 Å². The summed E-state index contributed by atoms with van der Waals surface area (Å²) in [7, 11) is 0. The lowest BCUT2D eigenvalue weighted by molar-refractivity contribution is -0.0498. The van der Waals surface area contributed by atoms with Crippen LogP contribution in [-0.4, -0.2) is 12.6 Å². The highest BCUT2D eigenvalue weighted by atomic mass is 19.3. The average molecular weight is 362 g/mol. The van der Waals surface area contributed by atoms with E-state index in [2.05, 4.69) is 11.7 Å². The van der Waals surface area contributed by atoms with Crippen molar-refractivity contribution in [1.29, 1.82) is 0 Å². The second-order valence-corrected chi connectivity index (χ2v) is 6.10. The summed E-state index contributed by atoms with van der Waals surface area (Å²) in [5.74, 6) is -0.0848. The van der Waals surface area contributed by atoms with Gasteiger partial charge in [0.05, 0.1) is 5.56 Å². The van der Waals surface area contributed by atoms with E-state index in [0.717, 1.165) is 12.8 Å². The van der Waals surface area contributed by atoms with Gasteiger partial charge in [-0.1, -0.05) is 44.7 Å². The van der Waals surface area contributed by atoms with E-state index in [1.807, 2.05) is 12.1 Å². The Kier molecular flexibility index (Phi) is 8.06. The van der Waals surface area contributed by atoms with Crippen molar-refractivity contribution in [3.8, 4) is 11.5 Å². The Balaban J connectivity index is 1.83. The maximum absolute atomic E-state index is 12.1. The lowest BCUT2D eigenvalue weighted by Crippen LogP contribution is -2.09. The van der Waals surface area contributed by atoms with Crippen molar-refractivity contribution in [2.45, 2.75) is 52.1 Å². The summed E-state index contributed by atoms with van der Waals surface area (Å²) in [5.41, 5.74) is 1.49. The molecule has 0 aliphatic carbocycles. The number of ether oxygens (including phenoxy) is 2.